The van der Waals surface area contributed by atoms with Gasteiger partial charge in [-0.05, 0) is 31.4 Å². The Morgan fingerprint density at radius 3 is 2.78 bits per heavy atom. The van der Waals surface area contributed by atoms with Crippen molar-refractivity contribution in [2.24, 2.45) is 5.92 Å². The summed E-state index contributed by atoms with van der Waals surface area (Å²) in [7, 11) is 0. The lowest BCUT2D eigenvalue weighted by Crippen LogP contribution is -2.57. The van der Waals surface area contributed by atoms with Gasteiger partial charge in [0, 0.05) is 41.5 Å². The standard InChI is InChI=1S/C15H26N2S/c1-5-13-9-17(15(8-16-13)11(2)3)10-14-7-6-12(4)18-14/h6-7,11,13,15-16H,5,8-10H2,1-4H3. The van der Waals surface area contributed by atoms with E-state index >= 15 is 0 Å². The first-order chi connectivity index (χ1) is 8.60. The van der Waals surface area contributed by atoms with Crippen LogP contribution in [0.25, 0.3) is 0 Å². The summed E-state index contributed by atoms with van der Waals surface area (Å²) in [6.07, 6.45) is 1.23. The van der Waals surface area contributed by atoms with Crippen LogP contribution in [-0.2, 0) is 6.54 Å². The Balaban J connectivity index is 2.04. The molecule has 2 rings (SSSR count). The van der Waals surface area contributed by atoms with E-state index in [-0.39, 0.29) is 0 Å². The number of nitrogens with zero attached hydrogens (tertiary/aromatic N) is 1. The van der Waals surface area contributed by atoms with E-state index in [0.717, 1.165) is 19.0 Å². The van der Waals surface area contributed by atoms with Gasteiger partial charge in [-0.15, -0.1) is 11.3 Å². The molecule has 2 heterocycles. The van der Waals surface area contributed by atoms with Crippen molar-refractivity contribution >= 4 is 11.3 Å². The predicted molar refractivity (Wildman–Crippen MR) is 80.2 cm³/mol. The average Bonchev–Trinajstić information content (AvgIpc) is 2.74. The van der Waals surface area contributed by atoms with Gasteiger partial charge in [-0.3, -0.25) is 4.90 Å². The summed E-state index contributed by atoms with van der Waals surface area (Å²) in [5.74, 6) is 0.719. The molecular weight excluding hydrogens is 240 g/mol. The third-order valence-corrected chi connectivity index (χ3v) is 4.94. The Labute approximate surface area is 115 Å². The maximum atomic E-state index is 3.68. The summed E-state index contributed by atoms with van der Waals surface area (Å²) in [5.41, 5.74) is 0. The molecule has 0 bridgehead atoms. The molecule has 0 spiro atoms. The second kappa shape index (κ2) is 6.18. The van der Waals surface area contributed by atoms with E-state index in [2.05, 4.69) is 50.0 Å². The molecule has 0 amide bonds. The summed E-state index contributed by atoms with van der Waals surface area (Å²) in [6, 6.07) is 5.88. The third-order valence-electron chi connectivity index (χ3n) is 3.96. The summed E-state index contributed by atoms with van der Waals surface area (Å²) in [4.78, 5) is 5.61. The fraction of sp³-hybridized carbons (Fsp3) is 0.733. The van der Waals surface area contributed by atoms with Crippen LogP contribution in [0.3, 0.4) is 0 Å². The summed E-state index contributed by atoms with van der Waals surface area (Å²) < 4.78 is 0. The van der Waals surface area contributed by atoms with E-state index in [1.54, 1.807) is 0 Å². The molecule has 102 valence electrons. The van der Waals surface area contributed by atoms with Crippen molar-refractivity contribution in [1.29, 1.82) is 0 Å². The van der Waals surface area contributed by atoms with Crippen LogP contribution >= 0.6 is 11.3 Å². The van der Waals surface area contributed by atoms with Crippen molar-refractivity contribution < 1.29 is 0 Å². The Morgan fingerprint density at radius 1 is 1.44 bits per heavy atom. The maximum absolute atomic E-state index is 3.68. The highest BCUT2D eigenvalue weighted by atomic mass is 32.1. The fourth-order valence-electron chi connectivity index (χ4n) is 2.78. The molecule has 1 N–H and O–H groups in total. The van der Waals surface area contributed by atoms with Gasteiger partial charge in [-0.2, -0.15) is 0 Å². The number of thiophene rings is 1. The molecule has 2 nitrogen and oxygen atoms in total. The van der Waals surface area contributed by atoms with Gasteiger partial charge in [0.2, 0.25) is 0 Å². The first kappa shape index (κ1) is 14.0. The summed E-state index contributed by atoms with van der Waals surface area (Å²) in [5, 5.41) is 3.68. The van der Waals surface area contributed by atoms with Gasteiger partial charge in [0.25, 0.3) is 0 Å². The van der Waals surface area contributed by atoms with Gasteiger partial charge in [0.05, 0.1) is 0 Å². The van der Waals surface area contributed by atoms with Crippen molar-refractivity contribution in [2.45, 2.75) is 52.7 Å². The van der Waals surface area contributed by atoms with Crippen molar-refractivity contribution in [1.82, 2.24) is 10.2 Å². The lowest BCUT2D eigenvalue weighted by molar-refractivity contribution is 0.0910. The smallest absolute Gasteiger partial charge is 0.0332 e. The molecule has 3 heteroatoms. The number of nitrogens with one attached hydrogen (secondary N) is 1. The van der Waals surface area contributed by atoms with Gasteiger partial charge in [0.15, 0.2) is 0 Å². The second-order valence-corrected chi connectivity index (χ2v) is 7.14. The lowest BCUT2D eigenvalue weighted by Gasteiger charge is -2.42. The van der Waals surface area contributed by atoms with Crippen LogP contribution < -0.4 is 5.32 Å². The van der Waals surface area contributed by atoms with Crippen molar-refractivity contribution in [2.75, 3.05) is 13.1 Å². The molecule has 2 atom stereocenters. The van der Waals surface area contributed by atoms with Crippen LogP contribution in [0.4, 0.5) is 0 Å². The van der Waals surface area contributed by atoms with Crippen LogP contribution in [0.2, 0.25) is 0 Å². The quantitative estimate of drug-likeness (QED) is 0.900. The molecule has 1 aromatic heterocycles. The normalized spacial score (nSPS) is 25.8. The molecule has 0 aromatic carbocycles. The van der Waals surface area contributed by atoms with Gasteiger partial charge in [-0.25, -0.2) is 0 Å². The summed E-state index contributed by atoms with van der Waals surface area (Å²) in [6.45, 7) is 12.6. The topological polar surface area (TPSA) is 15.3 Å². The van der Waals surface area contributed by atoms with Crippen LogP contribution in [0.1, 0.15) is 36.9 Å². The molecule has 0 aliphatic carbocycles. The number of hydrogen-bond acceptors (Lipinski definition) is 3. The van der Waals surface area contributed by atoms with Gasteiger partial charge < -0.3 is 5.32 Å². The Morgan fingerprint density at radius 2 is 2.22 bits per heavy atom. The zero-order chi connectivity index (χ0) is 13.1. The number of aryl methyl sites for hydroxylation is 1. The van der Waals surface area contributed by atoms with Gasteiger partial charge in [0.1, 0.15) is 0 Å². The molecular formula is C15H26N2S. The van der Waals surface area contributed by atoms with Crippen molar-refractivity contribution in [3.63, 3.8) is 0 Å². The molecule has 1 aliphatic rings. The Hall–Kier alpha value is -0.380. The predicted octanol–water partition coefficient (Wildman–Crippen LogP) is 3.26. The largest absolute Gasteiger partial charge is 0.311 e. The molecule has 0 saturated carbocycles. The van der Waals surface area contributed by atoms with E-state index in [1.165, 1.54) is 22.7 Å². The Kier molecular flexibility index (Phi) is 4.82. The van der Waals surface area contributed by atoms with E-state index in [4.69, 9.17) is 0 Å². The highest BCUT2D eigenvalue weighted by molar-refractivity contribution is 7.11. The van der Waals surface area contributed by atoms with Crippen LogP contribution in [0.5, 0.6) is 0 Å². The van der Waals surface area contributed by atoms with Crippen LogP contribution in [0, 0.1) is 12.8 Å². The summed E-state index contributed by atoms with van der Waals surface area (Å²) >= 11 is 1.94. The first-order valence-corrected chi connectivity index (χ1v) is 7.94. The lowest BCUT2D eigenvalue weighted by atomic mass is 9.97. The zero-order valence-electron chi connectivity index (χ0n) is 12.1. The third kappa shape index (κ3) is 3.34. The molecule has 1 aliphatic heterocycles. The number of hydrogen-bond donors (Lipinski definition) is 1. The van der Waals surface area contributed by atoms with E-state index in [0.29, 0.717) is 12.1 Å². The molecule has 1 saturated heterocycles. The van der Waals surface area contributed by atoms with Crippen molar-refractivity contribution in [3.05, 3.63) is 21.9 Å². The van der Waals surface area contributed by atoms with E-state index < -0.39 is 0 Å². The average molecular weight is 266 g/mol. The minimum atomic E-state index is 0.668. The number of rotatable bonds is 4. The zero-order valence-corrected chi connectivity index (χ0v) is 12.9. The highest BCUT2D eigenvalue weighted by Crippen LogP contribution is 2.22. The van der Waals surface area contributed by atoms with Crippen LogP contribution in [-0.4, -0.2) is 30.1 Å². The highest BCUT2D eigenvalue weighted by Gasteiger charge is 2.29. The van der Waals surface area contributed by atoms with Crippen LogP contribution in [0.15, 0.2) is 12.1 Å². The molecule has 0 radical (unpaired) electrons. The fourth-order valence-corrected chi connectivity index (χ4v) is 3.70. The Bertz CT molecular complexity index is 372. The van der Waals surface area contributed by atoms with E-state index in [9.17, 15) is 0 Å². The SMILES string of the molecule is CCC1CN(Cc2ccc(C)s2)C(C(C)C)CN1. The molecule has 2 unspecified atom stereocenters. The minimum Gasteiger partial charge on any atom is -0.311 e. The molecule has 18 heavy (non-hydrogen) atoms. The maximum Gasteiger partial charge on any atom is 0.0332 e. The monoisotopic (exact) mass is 266 g/mol. The number of piperazine rings is 1. The molecule has 1 aromatic rings. The van der Waals surface area contributed by atoms with E-state index in [1.807, 2.05) is 11.3 Å². The second-order valence-electron chi connectivity index (χ2n) is 5.77. The molecule has 1 fully saturated rings. The first-order valence-electron chi connectivity index (χ1n) is 7.13. The van der Waals surface area contributed by atoms with Crippen molar-refractivity contribution in [3.8, 4) is 0 Å². The van der Waals surface area contributed by atoms with Gasteiger partial charge in [-0.1, -0.05) is 20.8 Å². The minimum absolute atomic E-state index is 0.668. The van der Waals surface area contributed by atoms with Gasteiger partial charge >= 0.3 is 0 Å².